The van der Waals surface area contributed by atoms with Gasteiger partial charge in [0.15, 0.2) is 0 Å². The van der Waals surface area contributed by atoms with Gasteiger partial charge in [0.1, 0.15) is 0 Å². The molecule has 1 heterocycles. The van der Waals surface area contributed by atoms with Gasteiger partial charge < -0.3 is 4.98 Å². The van der Waals surface area contributed by atoms with Crippen molar-refractivity contribution in [2.75, 3.05) is 0 Å². The largest absolute Gasteiger partial charge is 0.333 e. The fourth-order valence-electron chi connectivity index (χ4n) is 1.98. The van der Waals surface area contributed by atoms with E-state index in [0.29, 0.717) is 16.9 Å². The minimum Gasteiger partial charge on any atom is -0.306 e. The first-order valence-corrected chi connectivity index (χ1v) is 6.70. The molecule has 5 heteroatoms. The maximum atomic E-state index is 12.5. The van der Waals surface area contributed by atoms with Crippen molar-refractivity contribution in [3.63, 3.8) is 0 Å². The maximum absolute atomic E-state index is 12.5. The number of H-pyrrole nitrogens is 1. The van der Waals surface area contributed by atoms with E-state index in [1.807, 2.05) is 13.0 Å². The van der Waals surface area contributed by atoms with E-state index >= 15 is 0 Å². The first kappa shape index (κ1) is 14.3. The lowest BCUT2D eigenvalue weighted by atomic mass is 10.1. The standard InChI is InChI=1S/C15H13BrN2O2/c1-4-10-12(5-2)17-15(20)18(14(10)19)13-8-6-7-11(16)9(13)3/h4-8H,1-2H2,3H3,(H,17,20). The molecular formula is C15H13BrN2O2. The summed E-state index contributed by atoms with van der Waals surface area (Å²) in [6, 6.07) is 5.34. The molecule has 2 aromatic rings. The normalized spacial score (nSPS) is 10.3. The zero-order valence-electron chi connectivity index (χ0n) is 10.9. The van der Waals surface area contributed by atoms with Crippen LogP contribution < -0.4 is 11.2 Å². The van der Waals surface area contributed by atoms with Crippen LogP contribution in [0.1, 0.15) is 16.8 Å². The number of benzene rings is 1. The summed E-state index contributed by atoms with van der Waals surface area (Å²) in [4.78, 5) is 27.3. The fraction of sp³-hybridized carbons (Fsp3) is 0.0667. The third-order valence-electron chi connectivity index (χ3n) is 3.06. The molecule has 1 aromatic heterocycles. The summed E-state index contributed by atoms with van der Waals surface area (Å²) in [5.41, 5.74) is 1.11. The molecule has 0 aliphatic carbocycles. The molecule has 0 aliphatic heterocycles. The van der Waals surface area contributed by atoms with Crippen molar-refractivity contribution in [2.24, 2.45) is 0 Å². The van der Waals surface area contributed by atoms with Gasteiger partial charge in [0.05, 0.1) is 16.9 Å². The minimum atomic E-state index is -0.503. The highest BCUT2D eigenvalue weighted by atomic mass is 79.9. The summed E-state index contributed by atoms with van der Waals surface area (Å²) < 4.78 is 1.93. The first-order chi connectivity index (χ1) is 9.51. The highest BCUT2D eigenvalue weighted by Crippen LogP contribution is 2.21. The molecule has 0 saturated heterocycles. The Hall–Kier alpha value is -2.14. The first-order valence-electron chi connectivity index (χ1n) is 5.91. The Bertz CT molecular complexity index is 816. The average Bonchev–Trinajstić information content (AvgIpc) is 2.42. The van der Waals surface area contributed by atoms with Crippen molar-refractivity contribution in [1.82, 2.24) is 9.55 Å². The van der Waals surface area contributed by atoms with Gasteiger partial charge in [-0.2, -0.15) is 0 Å². The van der Waals surface area contributed by atoms with E-state index in [4.69, 9.17) is 0 Å². The Labute approximate surface area is 124 Å². The summed E-state index contributed by atoms with van der Waals surface area (Å²) in [6.45, 7) is 9.03. The fourth-order valence-corrected chi connectivity index (χ4v) is 2.34. The number of nitrogens with zero attached hydrogens (tertiary/aromatic N) is 1. The number of nitrogens with one attached hydrogen (secondary N) is 1. The molecule has 102 valence electrons. The van der Waals surface area contributed by atoms with Crippen LogP contribution in [-0.2, 0) is 0 Å². The summed E-state index contributed by atoms with van der Waals surface area (Å²) in [7, 11) is 0. The topological polar surface area (TPSA) is 54.9 Å². The molecule has 4 nitrogen and oxygen atoms in total. The van der Waals surface area contributed by atoms with E-state index in [-0.39, 0.29) is 0 Å². The van der Waals surface area contributed by atoms with Gasteiger partial charge >= 0.3 is 5.69 Å². The lowest BCUT2D eigenvalue weighted by Gasteiger charge is -2.11. The van der Waals surface area contributed by atoms with Crippen molar-refractivity contribution >= 4 is 28.1 Å². The Balaban J connectivity index is 2.93. The highest BCUT2D eigenvalue weighted by Gasteiger charge is 2.13. The lowest BCUT2D eigenvalue weighted by Crippen LogP contribution is -2.36. The summed E-state index contributed by atoms with van der Waals surface area (Å²) in [5, 5.41) is 0. The van der Waals surface area contributed by atoms with Crippen molar-refractivity contribution in [1.29, 1.82) is 0 Å². The molecule has 0 unspecified atom stereocenters. The Morgan fingerprint density at radius 3 is 2.55 bits per heavy atom. The second-order valence-corrected chi connectivity index (χ2v) is 5.04. The van der Waals surface area contributed by atoms with E-state index in [0.717, 1.165) is 14.6 Å². The third kappa shape index (κ3) is 2.20. The van der Waals surface area contributed by atoms with Crippen LogP contribution >= 0.6 is 15.9 Å². The van der Waals surface area contributed by atoms with E-state index in [2.05, 4.69) is 34.1 Å². The van der Waals surface area contributed by atoms with E-state index in [9.17, 15) is 9.59 Å². The van der Waals surface area contributed by atoms with Crippen LogP contribution in [0, 0.1) is 6.92 Å². The van der Waals surface area contributed by atoms with Gasteiger partial charge in [-0.15, -0.1) is 0 Å². The maximum Gasteiger partial charge on any atom is 0.333 e. The van der Waals surface area contributed by atoms with Crippen LogP contribution in [0.5, 0.6) is 0 Å². The molecule has 1 N–H and O–H groups in total. The second-order valence-electron chi connectivity index (χ2n) is 4.19. The van der Waals surface area contributed by atoms with Crippen molar-refractivity contribution in [2.45, 2.75) is 6.92 Å². The average molecular weight is 333 g/mol. The molecule has 0 spiro atoms. The van der Waals surface area contributed by atoms with Crippen LogP contribution in [-0.4, -0.2) is 9.55 Å². The van der Waals surface area contributed by atoms with Crippen molar-refractivity contribution in [3.8, 4) is 5.69 Å². The smallest absolute Gasteiger partial charge is 0.306 e. The van der Waals surface area contributed by atoms with Crippen LogP contribution in [0.25, 0.3) is 17.8 Å². The van der Waals surface area contributed by atoms with Crippen LogP contribution in [0.15, 0.2) is 45.4 Å². The molecule has 0 amide bonds. The van der Waals surface area contributed by atoms with Gasteiger partial charge in [-0.3, -0.25) is 4.79 Å². The van der Waals surface area contributed by atoms with Gasteiger partial charge in [-0.1, -0.05) is 41.2 Å². The van der Waals surface area contributed by atoms with E-state index in [1.165, 1.54) is 12.2 Å². The monoisotopic (exact) mass is 332 g/mol. The molecule has 0 aliphatic rings. The minimum absolute atomic E-state index is 0.318. The van der Waals surface area contributed by atoms with Gasteiger partial charge in [0.2, 0.25) is 0 Å². The number of aromatic amines is 1. The highest BCUT2D eigenvalue weighted by molar-refractivity contribution is 9.10. The summed E-state index contributed by atoms with van der Waals surface area (Å²) in [6.07, 6.45) is 2.84. The van der Waals surface area contributed by atoms with Crippen molar-refractivity contribution in [3.05, 3.63) is 73.5 Å². The number of aromatic nitrogens is 2. The predicted octanol–water partition coefficient (Wildman–Crippen LogP) is 2.88. The van der Waals surface area contributed by atoms with Gasteiger partial charge in [-0.05, 0) is 30.7 Å². The quantitative estimate of drug-likeness (QED) is 0.939. The van der Waals surface area contributed by atoms with E-state index in [1.54, 1.807) is 12.1 Å². The van der Waals surface area contributed by atoms with Crippen LogP contribution in [0.4, 0.5) is 0 Å². The van der Waals surface area contributed by atoms with Gasteiger partial charge in [0.25, 0.3) is 5.56 Å². The molecule has 2 rings (SSSR count). The SMILES string of the molecule is C=Cc1[nH]c(=O)n(-c2cccc(Br)c2C)c(=O)c1C=C. The second kappa shape index (κ2) is 5.46. The molecule has 0 atom stereocenters. The molecule has 0 saturated carbocycles. The number of halogens is 1. The van der Waals surface area contributed by atoms with Crippen LogP contribution in [0.2, 0.25) is 0 Å². The Morgan fingerprint density at radius 1 is 1.25 bits per heavy atom. The third-order valence-corrected chi connectivity index (χ3v) is 3.92. The molecule has 0 bridgehead atoms. The summed E-state index contributed by atoms with van der Waals surface area (Å²) >= 11 is 3.39. The zero-order chi connectivity index (χ0) is 14.9. The number of rotatable bonds is 3. The van der Waals surface area contributed by atoms with Crippen LogP contribution in [0.3, 0.4) is 0 Å². The Kier molecular flexibility index (Phi) is 3.90. The molecular weight excluding hydrogens is 320 g/mol. The zero-order valence-corrected chi connectivity index (χ0v) is 12.5. The van der Waals surface area contributed by atoms with Crippen molar-refractivity contribution < 1.29 is 0 Å². The Morgan fingerprint density at radius 2 is 1.95 bits per heavy atom. The predicted molar refractivity (Wildman–Crippen MR) is 85.3 cm³/mol. The lowest BCUT2D eigenvalue weighted by molar-refractivity contribution is 0.859. The van der Waals surface area contributed by atoms with E-state index < -0.39 is 11.2 Å². The van der Waals surface area contributed by atoms with Gasteiger partial charge in [0, 0.05) is 4.47 Å². The van der Waals surface area contributed by atoms with Gasteiger partial charge in [-0.25, -0.2) is 9.36 Å². The summed E-state index contributed by atoms with van der Waals surface area (Å²) in [5.74, 6) is 0. The molecule has 20 heavy (non-hydrogen) atoms. The number of hydrogen-bond acceptors (Lipinski definition) is 2. The molecule has 0 radical (unpaired) electrons. The number of hydrogen-bond donors (Lipinski definition) is 1. The molecule has 1 aromatic carbocycles. The molecule has 0 fully saturated rings.